The molecular formula is C17H17F3N2O4. The number of rotatable bonds is 7. The summed E-state index contributed by atoms with van der Waals surface area (Å²) in [6, 6.07) is 6.76. The molecule has 0 atom stereocenters. The number of hydrogen-bond acceptors (Lipinski definition) is 6. The molecule has 1 N–H and O–H groups in total. The van der Waals surface area contributed by atoms with Crippen LogP contribution in [0.15, 0.2) is 35.5 Å². The molecule has 0 saturated carbocycles. The third kappa shape index (κ3) is 4.85. The molecule has 0 aliphatic carbocycles. The molecule has 0 amide bonds. The third-order valence-corrected chi connectivity index (χ3v) is 3.39. The molecule has 1 heterocycles. The van der Waals surface area contributed by atoms with Crippen molar-refractivity contribution < 1.29 is 32.6 Å². The zero-order chi connectivity index (χ0) is 19.2. The molecule has 140 valence electrons. The SMILES string of the molecule is COc1cccc(OC)c1CO/N=C/c1cc(C(F)(F)F)cc(CO)n1. The molecule has 9 heteroatoms. The number of hydrogen-bond donors (Lipinski definition) is 1. The molecule has 0 aliphatic rings. The maximum Gasteiger partial charge on any atom is 0.416 e. The van der Waals surface area contributed by atoms with Gasteiger partial charge in [0.15, 0.2) is 0 Å². The van der Waals surface area contributed by atoms with Crippen LogP contribution in [0.3, 0.4) is 0 Å². The van der Waals surface area contributed by atoms with Gasteiger partial charge >= 0.3 is 6.18 Å². The molecule has 0 aliphatic heterocycles. The van der Waals surface area contributed by atoms with Crippen molar-refractivity contribution in [2.45, 2.75) is 19.4 Å². The fourth-order valence-electron chi connectivity index (χ4n) is 2.18. The van der Waals surface area contributed by atoms with Crippen LogP contribution in [0, 0.1) is 0 Å². The number of aliphatic hydroxyl groups excluding tert-OH is 1. The first kappa shape index (κ1) is 19.5. The number of pyridine rings is 1. The average molecular weight is 370 g/mol. The van der Waals surface area contributed by atoms with Gasteiger partial charge in [-0.2, -0.15) is 13.2 Å². The first-order chi connectivity index (χ1) is 12.4. The summed E-state index contributed by atoms with van der Waals surface area (Å²) in [6.45, 7) is -0.639. The Morgan fingerprint density at radius 3 is 2.35 bits per heavy atom. The van der Waals surface area contributed by atoms with Crippen molar-refractivity contribution in [3.05, 3.63) is 52.8 Å². The monoisotopic (exact) mass is 370 g/mol. The molecule has 0 saturated heterocycles. The lowest BCUT2D eigenvalue weighted by Crippen LogP contribution is -2.08. The van der Waals surface area contributed by atoms with Crippen LogP contribution >= 0.6 is 0 Å². The summed E-state index contributed by atoms with van der Waals surface area (Å²) < 4.78 is 49.0. The Kier molecular flexibility index (Phi) is 6.40. The van der Waals surface area contributed by atoms with Crippen molar-refractivity contribution in [3.63, 3.8) is 0 Å². The maximum absolute atomic E-state index is 12.8. The van der Waals surface area contributed by atoms with E-state index in [1.165, 1.54) is 14.2 Å². The second-order valence-electron chi connectivity index (χ2n) is 5.08. The Hall–Kier alpha value is -2.81. The van der Waals surface area contributed by atoms with Crippen molar-refractivity contribution >= 4 is 6.21 Å². The van der Waals surface area contributed by atoms with Gasteiger partial charge < -0.3 is 19.4 Å². The van der Waals surface area contributed by atoms with Gasteiger partial charge in [-0.1, -0.05) is 11.2 Å². The normalized spacial score (nSPS) is 11.6. The van der Waals surface area contributed by atoms with E-state index in [2.05, 4.69) is 10.1 Å². The van der Waals surface area contributed by atoms with Crippen LogP contribution in [0.4, 0.5) is 13.2 Å². The highest BCUT2D eigenvalue weighted by Gasteiger charge is 2.31. The van der Waals surface area contributed by atoms with Crippen molar-refractivity contribution in [3.8, 4) is 11.5 Å². The number of nitrogens with zero attached hydrogens (tertiary/aromatic N) is 2. The molecule has 0 bridgehead atoms. The molecule has 0 radical (unpaired) electrons. The lowest BCUT2D eigenvalue weighted by Gasteiger charge is -2.11. The Labute approximate surface area is 147 Å². The number of alkyl halides is 3. The molecule has 1 aromatic carbocycles. The summed E-state index contributed by atoms with van der Waals surface area (Å²) in [5, 5.41) is 12.7. The van der Waals surface area contributed by atoms with E-state index in [9.17, 15) is 13.2 Å². The van der Waals surface area contributed by atoms with Gasteiger partial charge in [0.05, 0.1) is 49.6 Å². The van der Waals surface area contributed by atoms with Gasteiger partial charge in [-0.05, 0) is 24.3 Å². The predicted molar refractivity (Wildman–Crippen MR) is 87.1 cm³/mol. The van der Waals surface area contributed by atoms with Crippen molar-refractivity contribution in [2.75, 3.05) is 14.2 Å². The molecule has 6 nitrogen and oxygen atoms in total. The number of halogens is 3. The first-order valence-electron chi connectivity index (χ1n) is 7.43. The standard InChI is InChI=1S/C17H17F3N2O4/c1-24-15-4-3-5-16(25-2)14(15)10-26-21-8-12-6-11(17(18,19)20)7-13(9-23)22-12/h3-8,23H,9-10H2,1-2H3/b21-8+. The summed E-state index contributed by atoms with van der Waals surface area (Å²) >= 11 is 0. The molecule has 1 aromatic heterocycles. The minimum absolute atomic E-state index is 0.0183. The van der Waals surface area contributed by atoms with Gasteiger partial charge in [0, 0.05) is 0 Å². The molecule has 26 heavy (non-hydrogen) atoms. The van der Waals surface area contributed by atoms with Crippen LogP contribution in [0.1, 0.15) is 22.5 Å². The van der Waals surface area contributed by atoms with Crippen molar-refractivity contribution in [2.24, 2.45) is 5.16 Å². The highest BCUT2D eigenvalue weighted by Crippen LogP contribution is 2.30. The highest BCUT2D eigenvalue weighted by molar-refractivity contribution is 5.76. The lowest BCUT2D eigenvalue weighted by molar-refractivity contribution is -0.137. The van der Waals surface area contributed by atoms with E-state index in [0.717, 1.165) is 18.3 Å². The largest absolute Gasteiger partial charge is 0.496 e. The van der Waals surface area contributed by atoms with E-state index in [4.69, 9.17) is 19.4 Å². The van der Waals surface area contributed by atoms with E-state index in [1.54, 1.807) is 18.2 Å². The van der Waals surface area contributed by atoms with Gasteiger partial charge in [-0.15, -0.1) is 0 Å². The molecular weight excluding hydrogens is 353 g/mol. The van der Waals surface area contributed by atoms with E-state index in [-0.39, 0.29) is 18.0 Å². The Bertz CT molecular complexity index is 757. The number of oxime groups is 1. The second-order valence-corrected chi connectivity index (χ2v) is 5.08. The number of ether oxygens (including phenoxy) is 2. The van der Waals surface area contributed by atoms with Gasteiger partial charge in [0.25, 0.3) is 0 Å². The van der Waals surface area contributed by atoms with E-state index < -0.39 is 18.3 Å². The summed E-state index contributed by atoms with van der Waals surface area (Å²) in [4.78, 5) is 8.98. The molecule has 0 fully saturated rings. The highest BCUT2D eigenvalue weighted by atomic mass is 19.4. The average Bonchev–Trinajstić information content (AvgIpc) is 2.63. The number of methoxy groups -OCH3 is 2. The second kappa shape index (κ2) is 8.52. The topological polar surface area (TPSA) is 73.2 Å². The smallest absolute Gasteiger partial charge is 0.416 e. The zero-order valence-electron chi connectivity index (χ0n) is 14.1. The number of aromatic nitrogens is 1. The minimum atomic E-state index is -4.55. The lowest BCUT2D eigenvalue weighted by atomic mass is 10.2. The predicted octanol–water partition coefficient (Wildman–Crippen LogP) is 3.16. The summed E-state index contributed by atoms with van der Waals surface area (Å²) in [5.74, 6) is 1.05. The van der Waals surface area contributed by atoms with E-state index in [1.807, 2.05) is 0 Å². The van der Waals surface area contributed by atoms with E-state index in [0.29, 0.717) is 17.1 Å². The summed E-state index contributed by atoms with van der Waals surface area (Å²) in [7, 11) is 2.98. The van der Waals surface area contributed by atoms with Gasteiger partial charge in [0.1, 0.15) is 18.1 Å². The van der Waals surface area contributed by atoms with Crippen LogP contribution in [0.25, 0.3) is 0 Å². The summed E-state index contributed by atoms with van der Waals surface area (Å²) in [6.07, 6.45) is -3.52. The van der Waals surface area contributed by atoms with Crippen molar-refractivity contribution in [1.29, 1.82) is 0 Å². The van der Waals surface area contributed by atoms with Crippen molar-refractivity contribution in [1.82, 2.24) is 4.98 Å². The van der Waals surface area contributed by atoms with Crippen LogP contribution < -0.4 is 9.47 Å². The van der Waals surface area contributed by atoms with Crippen LogP contribution in [-0.2, 0) is 24.2 Å². The fourth-order valence-corrected chi connectivity index (χ4v) is 2.18. The van der Waals surface area contributed by atoms with Gasteiger partial charge in [0.2, 0.25) is 0 Å². The van der Waals surface area contributed by atoms with Gasteiger partial charge in [-0.25, -0.2) is 4.98 Å². The van der Waals surface area contributed by atoms with Crippen LogP contribution in [0.2, 0.25) is 0 Å². The third-order valence-electron chi connectivity index (χ3n) is 3.39. The number of aliphatic hydroxyl groups is 1. The molecule has 0 spiro atoms. The van der Waals surface area contributed by atoms with Crippen LogP contribution in [-0.4, -0.2) is 30.5 Å². The van der Waals surface area contributed by atoms with Gasteiger partial charge in [-0.3, -0.25) is 0 Å². The summed E-state index contributed by atoms with van der Waals surface area (Å²) in [5.41, 5.74) is -0.532. The zero-order valence-corrected chi connectivity index (χ0v) is 14.1. The Morgan fingerprint density at radius 2 is 1.81 bits per heavy atom. The Balaban J connectivity index is 2.15. The van der Waals surface area contributed by atoms with E-state index >= 15 is 0 Å². The molecule has 0 unspecified atom stereocenters. The molecule has 2 rings (SSSR count). The quantitative estimate of drug-likeness (QED) is 0.599. The Morgan fingerprint density at radius 1 is 1.15 bits per heavy atom. The number of benzene rings is 1. The molecule has 2 aromatic rings. The van der Waals surface area contributed by atoms with Crippen LogP contribution in [0.5, 0.6) is 11.5 Å². The first-order valence-corrected chi connectivity index (χ1v) is 7.43. The maximum atomic E-state index is 12.8. The minimum Gasteiger partial charge on any atom is -0.496 e. The fraction of sp³-hybridized carbons (Fsp3) is 0.294.